The van der Waals surface area contributed by atoms with Crippen molar-refractivity contribution in [1.29, 1.82) is 0 Å². The average molecular weight is 261 g/mol. The molecule has 1 aromatic rings. The molecule has 2 rings (SSSR count). The number of carbonyl (C=O) groups is 1. The van der Waals surface area contributed by atoms with Crippen molar-refractivity contribution in [2.75, 3.05) is 26.2 Å². The lowest BCUT2D eigenvalue weighted by Crippen LogP contribution is -2.35. The number of piperidine rings is 1. The van der Waals surface area contributed by atoms with Gasteiger partial charge in [0.05, 0.1) is 13.2 Å². The molecule has 0 bridgehead atoms. The second-order valence-electron chi connectivity index (χ2n) is 5.33. The van der Waals surface area contributed by atoms with Gasteiger partial charge in [-0.15, -0.1) is 0 Å². The molecule has 1 atom stereocenters. The van der Waals surface area contributed by atoms with E-state index in [1.165, 1.54) is 24.8 Å². The summed E-state index contributed by atoms with van der Waals surface area (Å²) in [4.78, 5) is 14.0. The van der Waals surface area contributed by atoms with Gasteiger partial charge in [-0.3, -0.25) is 9.69 Å². The SMILES string of the molecule is CC(COC(=O)CN1CCCCC1)c1ccccc1. The first-order valence-corrected chi connectivity index (χ1v) is 7.18. The molecule has 1 saturated heterocycles. The molecule has 0 radical (unpaired) electrons. The number of likely N-dealkylation sites (tertiary alicyclic amines) is 1. The first-order valence-electron chi connectivity index (χ1n) is 7.18. The summed E-state index contributed by atoms with van der Waals surface area (Å²) in [5.41, 5.74) is 1.22. The van der Waals surface area contributed by atoms with E-state index in [0.717, 1.165) is 13.1 Å². The molecule has 0 aliphatic carbocycles. The van der Waals surface area contributed by atoms with Crippen molar-refractivity contribution < 1.29 is 9.53 Å². The minimum Gasteiger partial charge on any atom is -0.464 e. The maximum atomic E-state index is 11.8. The number of nitrogens with zero attached hydrogens (tertiary/aromatic N) is 1. The molecular weight excluding hydrogens is 238 g/mol. The topological polar surface area (TPSA) is 29.5 Å². The van der Waals surface area contributed by atoms with Crippen LogP contribution in [0.5, 0.6) is 0 Å². The Balaban J connectivity index is 1.71. The highest BCUT2D eigenvalue weighted by atomic mass is 16.5. The van der Waals surface area contributed by atoms with Gasteiger partial charge in [0.2, 0.25) is 0 Å². The third kappa shape index (κ3) is 4.67. The average Bonchev–Trinajstić information content (AvgIpc) is 2.47. The van der Waals surface area contributed by atoms with Crippen LogP contribution in [-0.2, 0) is 9.53 Å². The molecule has 3 heteroatoms. The van der Waals surface area contributed by atoms with Gasteiger partial charge in [0, 0.05) is 5.92 Å². The third-order valence-electron chi connectivity index (χ3n) is 3.66. The van der Waals surface area contributed by atoms with Crippen molar-refractivity contribution in [2.24, 2.45) is 0 Å². The lowest BCUT2D eigenvalue weighted by molar-refractivity contribution is -0.145. The van der Waals surface area contributed by atoms with Gasteiger partial charge >= 0.3 is 5.97 Å². The lowest BCUT2D eigenvalue weighted by Gasteiger charge is -2.25. The zero-order valence-electron chi connectivity index (χ0n) is 11.7. The molecule has 0 aromatic heterocycles. The summed E-state index contributed by atoms with van der Waals surface area (Å²) in [6.07, 6.45) is 3.69. The molecule has 1 aliphatic rings. The van der Waals surface area contributed by atoms with E-state index < -0.39 is 0 Å². The van der Waals surface area contributed by atoms with Crippen molar-refractivity contribution in [1.82, 2.24) is 4.90 Å². The van der Waals surface area contributed by atoms with Crippen LogP contribution in [0, 0.1) is 0 Å². The summed E-state index contributed by atoms with van der Waals surface area (Å²) < 4.78 is 5.38. The summed E-state index contributed by atoms with van der Waals surface area (Å²) in [6, 6.07) is 10.2. The third-order valence-corrected chi connectivity index (χ3v) is 3.66. The van der Waals surface area contributed by atoms with E-state index in [2.05, 4.69) is 24.0 Å². The molecule has 3 nitrogen and oxygen atoms in total. The Bertz CT molecular complexity index is 385. The molecule has 0 saturated carbocycles. The highest BCUT2D eigenvalue weighted by molar-refractivity contribution is 5.71. The zero-order chi connectivity index (χ0) is 13.5. The summed E-state index contributed by atoms with van der Waals surface area (Å²) in [7, 11) is 0. The fraction of sp³-hybridized carbons (Fsp3) is 0.562. The van der Waals surface area contributed by atoms with Crippen molar-refractivity contribution in [3.63, 3.8) is 0 Å². The molecule has 1 fully saturated rings. The van der Waals surface area contributed by atoms with Crippen LogP contribution in [0.15, 0.2) is 30.3 Å². The van der Waals surface area contributed by atoms with Crippen LogP contribution >= 0.6 is 0 Å². The smallest absolute Gasteiger partial charge is 0.320 e. The van der Waals surface area contributed by atoms with Crippen molar-refractivity contribution in [2.45, 2.75) is 32.1 Å². The van der Waals surface area contributed by atoms with Gasteiger partial charge in [0.25, 0.3) is 0 Å². The summed E-state index contributed by atoms with van der Waals surface area (Å²) in [5, 5.41) is 0. The van der Waals surface area contributed by atoms with Crippen molar-refractivity contribution >= 4 is 5.97 Å². The second-order valence-corrected chi connectivity index (χ2v) is 5.33. The molecule has 1 heterocycles. The van der Waals surface area contributed by atoms with Crippen LogP contribution in [0.4, 0.5) is 0 Å². The Hall–Kier alpha value is -1.35. The minimum absolute atomic E-state index is 0.0929. The second kappa shape index (κ2) is 7.29. The van der Waals surface area contributed by atoms with E-state index in [9.17, 15) is 4.79 Å². The minimum atomic E-state index is -0.0929. The van der Waals surface area contributed by atoms with Crippen LogP contribution < -0.4 is 0 Å². The van der Waals surface area contributed by atoms with Crippen molar-refractivity contribution in [3.05, 3.63) is 35.9 Å². The standard InChI is InChI=1S/C16H23NO2/c1-14(15-8-4-2-5-9-15)13-19-16(18)12-17-10-6-3-7-11-17/h2,4-5,8-9,14H,3,6-7,10-13H2,1H3. The first-order chi connectivity index (χ1) is 9.25. The number of hydrogen-bond donors (Lipinski definition) is 0. The van der Waals surface area contributed by atoms with Crippen LogP contribution in [0.1, 0.15) is 37.7 Å². The Morgan fingerprint density at radius 2 is 1.89 bits per heavy atom. The van der Waals surface area contributed by atoms with E-state index >= 15 is 0 Å². The predicted octanol–water partition coefficient (Wildman–Crippen LogP) is 2.82. The summed E-state index contributed by atoms with van der Waals surface area (Å²) in [6.45, 7) is 5.06. The fourth-order valence-electron chi connectivity index (χ4n) is 2.44. The van der Waals surface area contributed by atoms with Gasteiger partial charge < -0.3 is 4.74 Å². The molecule has 0 N–H and O–H groups in total. The van der Waals surface area contributed by atoms with Gasteiger partial charge in [-0.25, -0.2) is 0 Å². The maximum absolute atomic E-state index is 11.8. The normalized spacial score (nSPS) is 17.9. The Labute approximate surface area is 115 Å². The predicted molar refractivity (Wildman–Crippen MR) is 76.1 cm³/mol. The number of carbonyl (C=O) groups excluding carboxylic acids is 1. The molecule has 104 valence electrons. The Kier molecular flexibility index (Phi) is 5.40. The molecule has 1 aromatic carbocycles. The summed E-state index contributed by atoms with van der Waals surface area (Å²) >= 11 is 0. The molecule has 1 aliphatic heterocycles. The van der Waals surface area contributed by atoms with Crippen LogP contribution in [0.3, 0.4) is 0 Å². The number of hydrogen-bond acceptors (Lipinski definition) is 3. The fourth-order valence-corrected chi connectivity index (χ4v) is 2.44. The van der Waals surface area contributed by atoms with Gasteiger partial charge in [-0.1, -0.05) is 43.7 Å². The van der Waals surface area contributed by atoms with Crippen molar-refractivity contribution in [3.8, 4) is 0 Å². The van der Waals surface area contributed by atoms with Gasteiger partial charge in [-0.2, -0.15) is 0 Å². The van der Waals surface area contributed by atoms with Gasteiger partial charge in [0.15, 0.2) is 0 Å². The van der Waals surface area contributed by atoms with Crippen LogP contribution in [0.25, 0.3) is 0 Å². The quantitative estimate of drug-likeness (QED) is 0.763. The maximum Gasteiger partial charge on any atom is 0.320 e. The molecular formula is C16H23NO2. The first kappa shape index (κ1) is 14.1. The molecule has 1 unspecified atom stereocenters. The van der Waals surface area contributed by atoms with Crippen LogP contribution in [-0.4, -0.2) is 37.1 Å². The van der Waals surface area contributed by atoms with E-state index in [-0.39, 0.29) is 11.9 Å². The van der Waals surface area contributed by atoms with E-state index in [4.69, 9.17) is 4.74 Å². The lowest BCUT2D eigenvalue weighted by atomic mass is 10.0. The molecule has 0 amide bonds. The number of rotatable bonds is 5. The van der Waals surface area contributed by atoms with Gasteiger partial charge in [0.1, 0.15) is 0 Å². The van der Waals surface area contributed by atoms with E-state index in [0.29, 0.717) is 13.2 Å². The Morgan fingerprint density at radius 3 is 2.58 bits per heavy atom. The van der Waals surface area contributed by atoms with Gasteiger partial charge in [-0.05, 0) is 31.5 Å². The summed E-state index contributed by atoms with van der Waals surface area (Å²) in [5.74, 6) is 0.163. The zero-order valence-corrected chi connectivity index (χ0v) is 11.7. The largest absolute Gasteiger partial charge is 0.464 e. The molecule has 0 spiro atoms. The number of esters is 1. The number of benzene rings is 1. The highest BCUT2D eigenvalue weighted by Crippen LogP contribution is 2.15. The number of ether oxygens (including phenoxy) is 1. The van der Waals surface area contributed by atoms with Crippen LogP contribution in [0.2, 0.25) is 0 Å². The molecule has 19 heavy (non-hydrogen) atoms. The monoisotopic (exact) mass is 261 g/mol. The van der Waals surface area contributed by atoms with E-state index in [1.54, 1.807) is 0 Å². The van der Waals surface area contributed by atoms with E-state index in [1.807, 2.05) is 18.2 Å². The Morgan fingerprint density at radius 1 is 1.21 bits per heavy atom. The highest BCUT2D eigenvalue weighted by Gasteiger charge is 2.15.